The van der Waals surface area contributed by atoms with Gasteiger partial charge in [-0.15, -0.1) is 0 Å². The fourth-order valence-electron chi connectivity index (χ4n) is 10.4. The number of benzene rings is 10. The Morgan fingerprint density at radius 2 is 0.871 bits per heavy atom. The minimum absolute atomic E-state index is 0.146. The van der Waals surface area contributed by atoms with Gasteiger partial charge in [-0.3, -0.25) is 4.57 Å². The van der Waals surface area contributed by atoms with Gasteiger partial charge in [-0.1, -0.05) is 190 Å². The zero-order valence-electron chi connectivity index (χ0n) is 34.3. The molecule has 0 atom stereocenters. The molecule has 0 spiro atoms. The average Bonchev–Trinajstić information content (AvgIpc) is 3.80. The van der Waals surface area contributed by atoms with E-state index in [1.807, 2.05) is 0 Å². The van der Waals surface area contributed by atoms with Crippen molar-refractivity contribution >= 4 is 64.9 Å². The molecule has 62 heavy (non-hydrogen) atoms. The number of fused-ring (bicyclic) bond motifs is 13. The molecule has 2 heterocycles. The van der Waals surface area contributed by atoms with E-state index in [1.165, 1.54) is 54.6 Å². The van der Waals surface area contributed by atoms with Crippen LogP contribution < -0.4 is 0 Å². The quantitative estimate of drug-likeness (QED) is 0.167. The highest BCUT2D eigenvalue weighted by Gasteiger charge is 2.35. The van der Waals surface area contributed by atoms with E-state index >= 15 is 0 Å². The maximum Gasteiger partial charge on any atom is 0.238 e. The van der Waals surface area contributed by atoms with Crippen LogP contribution >= 0.6 is 0 Å². The first kappa shape index (κ1) is 34.9. The van der Waals surface area contributed by atoms with Crippen molar-refractivity contribution in [3.05, 3.63) is 205 Å². The first-order valence-electron chi connectivity index (χ1n) is 21.4. The summed E-state index contributed by atoms with van der Waals surface area (Å²) in [4.78, 5) is 16.3. The second-order valence-electron chi connectivity index (χ2n) is 17.2. The van der Waals surface area contributed by atoms with Gasteiger partial charge in [0.25, 0.3) is 0 Å². The van der Waals surface area contributed by atoms with Crippen molar-refractivity contribution in [1.29, 1.82) is 0 Å². The van der Waals surface area contributed by atoms with Crippen LogP contribution in [0.4, 0.5) is 0 Å². The van der Waals surface area contributed by atoms with Crippen LogP contribution in [0.15, 0.2) is 194 Å². The fraction of sp³-hybridized carbons (Fsp3) is 0.0517. The first-order valence-corrected chi connectivity index (χ1v) is 21.4. The molecule has 0 radical (unpaired) electrons. The Hall–Kier alpha value is -7.95. The second kappa shape index (κ2) is 13.0. The van der Waals surface area contributed by atoms with Crippen molar-refractivity contribution in [2.24, 2.45) is 0 Å². The van der Waals surface area contributed by atoms with Crippen molar-refractivity contribution in [3.63, 3.8) is 0 Å². The van der Waals surface area contributed by atoms with Crippen molar-refractivity contribution in [2.45, 2.75) is 19.3 Å². The van der Waals surface area contributed by atoms with Crippen LogP contribution in [0.1, 0.15) is 25.0 Å². The lowest BCUT2D eigenvalue weighted by Gasteiger charge is -2.22. The summed E-state index contributed by atoms with van der Waals surface area (Å²) in [5.74, 6) is 1.82. The number of hydrogen-bond acceptors (Lipinski definition) is 3. The largest absolute Gasteiger partial charge is 0.277 e. The molecular weight excluding hydrogens is 753 g/mol. The van der Waals surface area contributed by atoms with Crippen LogP contribution in [0, 0.1) is 0 Å². The molecule has 290 valence electrons. The molecule has 0 saturated heterocycles. The predicted molar refractivity (Wildman–Crippen MR) is 258 cm³/mol. The van der Waals surface area contributed by atoms with Gasteiger partial charge in [-0.25, -0.2) is 4.98 Å². The lowest BCUT2D eigenvalue weighted by Crippen LogP contribution is -2.14. The monoisotopic (exact) mass is 790 g/mol. The van der Waals surface area contributed by atoms with Gasteiger partial charge in [0.05, 0.1) is 11.0 Å². The summed E-state index contributed by atoms with van der Waals surface area (Å²) in [5.41, 5.74) is 11.5. The Labute approximate surface area is 358 Å². The summed E-state index contributed by atoms with van der Waals surface area (Å²) in [6, 6.07) is 70.2. The van der Waals surface area contributed by atoms with Gasteiger partial charge in [0, 0.05) is 38.3 Å². The van der Waals surface area contributed by atoms with Gasteiger partial charge in [0.1, 0.15) is 0 Å². The number of hydrogen-bond donors (Lipinski definition) is 0. The van der Waals surface area contributed by atoms with E-state index in [-0.39, 0.29) is 5.41 Å². The van der Waals surface area contributed by atoms with Gasteiger partial charge in [0.15, 0.2) is 11.6 Å². The van der Waals surface area contributed by atoms with Crippen LogP contribution in [0.25, 0.3) is 116 Å². The van der Waals surface area contributed by atoms with Gasteiger partial charge in [-0.05, 0) is 83.7 Å². The van der Waals surface area contributed by atoms with E-state index < -0.39 is 0 Å². The Morgan fingerprint density at radius 1 is 0.355 bits per heavy atom. The molecule has 0 unspecified atom stereocenters. The van der Waals surface area contributed by atoms with Gasteiger partial charge in [0.2, 0.25) is 5.95 Å². The smallest absolute Gasteiger partial charge is 0.238 e. The third-order valence-corrected chi connectivity index (χ3v) is 13.4. The minimum atomic E-state index is -0.146. The van der Waals surface area contributed by atoms with Crippen LogP contribution in [-0.4, -0.2) is 19.5 Å². The molecule has 1 aliphatic rings. The fourth-order valence-corrected chi connectivity index (χ4v) is 10.4. The molecule has 0 saturated carbocycles. The Bertz CT molecular complexity index is 3760. The molecule has 12 aromatic rings. The highest BCUT2D eigenvalue weighted by atomic mass is 15.2. The Kier molecular flexibility index (Phi) is 7.32. The molecule has 0 amide bonds. The van der Waals surface area contributed by atoms with E-state index in [1.54, 1.807) is 0 Å². The van der Waals surface area contributed by atoms with E-state index in [4.69, 9.17) is 15.0 Å². The zero-order chi connectivity index (χ0) is 41.1. The standard InChI is InChI=1S/C58H38N4/c1-58(2)50-25-12-11-20-45(50)46-31-30-39(34-51(46)58)42-23-13-24-49-52-47-21-9-7-18-43(47)44-19-8-10-22-48(44)54(52)62(53(42)49)57-60-55(40-28-26-35-14-3-5-16-37(35)32-40)59-56(61-57)41-29-27-36-15-4-6-17-38(36)33-41/h3-34H,1-2H3. The van der Waals surface area contributed by atoms with Crippen LogP contribution in [0.2, 0.25) is 0 Å². The number of para-hydroxylation sites is 1. The normalized spacial score (nSPS) is 13.1. The predicted octanol–water partition coefficient (Wildman–Crippen LogP) is 14.9. The maximum atomic E-state index is 5.51. The molecule has 0 aliphatic heterocycles. The van der Waals surface area contributed by atoms with Gasteiger partial charge < -0.3 is 0 Å². The summed E-state index contributed by atoms with van der Waals surface area (Å²) in [7, 11) is 0. The summed E-state index contributed by atoms with van der Waals surface area (Å²) >= 11 is 0. The van der Waals surface area contributed by atoms with Gasteiger partial charge in [-0.2, -0.15) is 9.97 Å². The molecule has 0 bridgehead atoms. The molecule has 2 aromatic heterocycles. The minimum Gasteiger partial charge on any atom is -0.277 e. The third kappa shape index (κ3) is 5.04. The number of rotatable bonds is 4. The van der Waals surface area contributed by atoms with E-state index in [0.29, 0.717) is 17.6 Å². The molecule has 4 heteroatoms. The van der Waals surface area contributed by atoms with Gasteiger partial charge >= 0.3 is 0 Å². The second-order valence-corrected chi connectivity index (χ2v) is 17.2. The van der Waals surface area contributed by atoms with E-state index in [9.17, 15) is 0 Å². The lowest BCUT2D eigenvalue weighted by molar-refractivity contribution is 0.660. The summed E-state index contributed by atoms with van der Waals surface area (Å²) < 4.78 is 2.35. The van der Waals surface area contributed by atoms with Crippen LogP contribution in [0.5, 0.6) is 0 Å². The Balaban J connectivity index is 1.17. The molecule has 13 rings (SSSR count). The SMILES string of the molecule is CC1(C)c2ccccc2-c2ccc(-c3cccc4c5c6ccccc6c6ccccc6c5n(-c5nc(-c6ccc7ccccc7c6)nc(-c6ccc7ccccc7c6)n5)c34)cc21. The molecule has 0 N–H and O–H groups in total. The highest BCUT2D eigenvalue weighted by molar-refractivity contribution is 6.33. The number of aromatic nitrogens is 4. The first-order chi connectivity index (χ1) is 30.5. The van der Waals surface area contributed by atoms with Crippen molar-refractivity contribution in [1.82, 2.24) is 19.5 Å². The molecule has 0 fully saturated rings. The molecular formula is C58H38N4. The van der Waals surface area contributed by atoms with E-state index in [2.05, 4.69) is 213 Å². The summed E-state index contributed by atoms with van der Waals surface area (Å²) in [6.45, 7) is 4.70. The van der Waals surface area contributed by atoms with Crippen molar-refractivity contribution in [2.75, 3.05) is 0 Å². The summed E-state index contributed by atoms with van der Waals surface area (Å²) in [6.07, 6.45) is 0. The molecule has 4 nitrogen and oxygen atoms in total. The number of nitrogens with zero attached hydrogens (tertiary/aromatic N) is 4. The lowest BCUT2D eigenvalue weighted by atomic mass is 9.81. The van der Waals surface area contributed by atoms with Crippen molar-refractivity contribution in [3.8, 4) is 51.0 Å². The van der Waals surface area contributed by atoms with Crippen LogP contribution in [-0.2, 0) is 5.41 Å². The Morgan fingerprint density at radius 3 is 1.56 bits per heavy atom. The summed E-state index contributed by atoms with van der Waals surface area (Å²) in [5, 5.41) is 11.7. The average molecular weight is 791 g/mol. The zero-order valence-corrected chi connectivity index (χ0v) is 34.3. The van der Waals surface area contributed by atoms with Crippen LogP contribution in [0.3, 0.4) is 0 Å². The molecule has 10 aromatic carbocycles. The highest BCUT2D eigenvalue weighted by Crippen LogP contribution is 2.51. The molecule has 1 aliphatic carbocycles. The van der Waals surface area contributed by atoms with Crippen molar-refractivity contribution < 1.29 is 0 Å². The topological polar surface area (TPSA) is 43.6 Å². The third-order valence-electron chi connectivity index (χ3n) is 13.4. The maximum absolute atomic E-state index is 5.51. The van der Waals surface area contributed by atoms with E-state index in [0.717, 1.165) is 54.8 Å².